The van der Waals surface area contributed by atoms with Crippen molar-refractivity contribution in [2.24, 2.45) is 0 Å². The Morgan fingerprint density at radius 2 is 1.40 bits per heavy atom. The lowest BCUT2D eigenvalue weighted by atomic mass is 10.3. The molecule has 2 rings (SSSR count). The first-order valence-electron chi connectivity index (χ1n) is 5.59. The van der Waals surface area contributed by atoms with E-state index >= 15 is 0 Å². The standard InChI is InChI=1S/C13H11NO5S/c1-19-11-4-8-13(9-5-11)20(17,18)12-6-2-10(3-7-12)14(15)16/h2-9H,1H3. The molecule has 104 valence electrons. The quantitative estimate of drug-likeness (QED) is 0.638. The van der Waals surface area contributed by atoms with E-state index in [4.69, 9.17) is 4.74 Å². The number of nitro benzene ring substituents is 1. The Hall–Kier alpha value is -2.41. The highest BCUT2D eigenvalue weighted by Crippen LogP contribution is 2.24. The summed E-state index contributed by atoms with van der Waals surface area (Å²) >= 11 is 0. The van der Waals surface area contributed by atoms with Gasteiger partial charge in [-0.3, -0.25) is 10.1 Å². The average Bonchev–Trinajstić information content (AvgIpc) is 2.47. The minimum absolute atomic E-state index is 0.00765. The zero-order chi connectivity index (χ0) is 14.8. The lowest BCUT2D eigenvalue weighted by Crippen LogP contribution is -2.02. The fourth-order valence-electron chi connectivity index (χ4n) is 1.64. The van der Waals surface area contributed by atoms with Crippen LogP contribution in [0.4, 0.5) is 5.69 Å². The van der Waals surface area contributed by atoms with Crippen LogP contribution in [0.1, 0.15) is 0 Å². The first-order valence-corrected chi connectivity index (χ1v) is 7.07. The van der Waals surface area contributed by atoms with Gasteiger partial charge in [-0.25, -0.2) is 8.42 Å². The smallest absolute Gasteiger partial charge is 0.269 e. The normalized spacial score (nSPS) is 11.1. The summed E-state index contributed by atoms with van der Waals surface area (Å²) < 4.78 is 29.6. The highest BCUT2D eigenvalue weighted by Gasteiger charge is 2.18. The lowest BCUT2D eigenvalue weighted by Gasteiger charge is -2.05. The van der Waals surface area contributed by atoms with Crippen LogP contribution in [0, 0.1) is 10.1 Å². The van der Waals surface area contributed by atoms with Crippen LogP contribution < -0.4 is 4.74 Å². The monoisotopic (exact) mass is 293 g/mol. The van der Waals surface area contributed by atoms with Crippen LogP contribution in [0.2, 0.25) is 0 Å². The Labute approximate surface area is 115 Å². The first-order chi connectivity index (χ1) is 9.45. The number of nitrogens with zero attached hydrogens (tertiary/aromatic N) is 1. The van der Waals surface area contributed by atoms with Gasteiger partial charge in [-0.2, -0.15) is 0 Å². The van der Waals surface area contributed by atoms with Crippen LogP contribution in [0.5, 0.6) is 5.75 Å². The van der Waals surface area contributed by atoms with Gasteiger partial charge in [-0.15, -0.1) is 0 Å². The summed E-state index contributed by atoms with van der Waals surface area (Å²) in [5.74, 6) is 0.549. The number of rotatable bonds is 4. The van der Waals surface area contributed by atoms with E-state index in [0.717, 1.165) is 12.1 Å². The maximum absolute atomic E-state index is 12.3. The van der Waals surface area contributed by atoms with E-state index in [1.165, 1.54) is 43.5 Å². The van der Waals surface area contributed by atoms with Gasteiger partial charge >= 0.3 is 0 Å². The van der Waals surface area contributed by atoms with Crippen molar-refractivity contribution >= 4 is 15.5 Å². The summed E-state index contributed by atoms with van der Waals surface area (Å²) in [6.45, 7) is 0. The Bertz CT molecular complexity index is 720. The molecule has 0 spiro atoms. The zero-order valence-corrected chi connectivity index (χ0v) is 11.3. The van der Waals surface area contributed by atoms with Crippen molar-refractivity contribution in [2.75, 3.05) is 7.11 Å². The molecule has 2 aromatic carbocycles. The average molecular weight is 293 g/mol. The van der Waals surface area contributed by atoms with E-state index in [0.29, 0.717) is 5.75 Å². The van der Waals surface area contributed by atoms with Crippen molar-refractivity contribution in [3.05, 3.63) is 58.6 Å². The Kier molecular flexibility index (Phi) is 3.71. The van der Waals surface area contributed by atoms with Crippen LogP contribution in [0.3, 0.4) is 0 Å². The molecule has 0 bridgehead atoms. The van der Waals surface area contributed by atoms with E-state index in [2.05, 4.69) is 0 Å². The molecule has 6 nitrogen and oxygen atoms in total. The van der Waals surface area contributed by atoms with Gasteiger partial charge in [0.2, 0.25) is 9.84 Å². The van der Waals surface area contributed by atoms with E-state index in [1.54, 1.807) is 0 Å². The van der Waals surface area contributed by atoms with Crippen molar-refractivity contribution < 1.29 is 18.1 Å². The fourth-order valence-corrected chi connectivity index (χ4v) is 2.90. The molecule has 0 saturated carbocycles. The van der Waals surface area contributed by atoms with Crippen molar-refractivity contribution in [3.63, 3.8) is 0 Å². The molecule has 0 fully saturated rings. The number of ether oxygens (including phenoxy) is 1. The van der Waals surface area contributed by atoms with Gasteiger partial charge < -0.3 is 4.74 Å². The van der Waals surface area contributed by atoms with Gasteiger partial charge in [0.1, 0.15) is 5.75 Å². The van der Waals surface area contributed by atoms with Crippen molar-refractivity contribution in [1.29, 1.82) is 0 Å². The van der Waals surface area contributed by atoms with Gasteiger partial charge in [-0.1, -0.05) is 0 Å². The van der Waals surface area contributed by atoms with Crippen molar-refractivity contribution in [2.45, 2.75) is 9.79 Å². The molecule has 0 aliphatic rings. The second-order valence-corrected chi connectivity index (χ2v) is 5.88. The summed E-state index contributed by atoms with van der Waals surface area (Å²) in [5.41, 5.74) is -0.154. The summed E-state index contributed by atoms with van der Waals surface area (Å²) in [5, 5.41) is 10.5. The predicted molar refractivity (Wildman–Crippen MR) is 71.5 cm³/mol. The highest BCUT2D eigenvalue weighted by atomic mass is 32.2. The third-order valence-electron chi connectivity index (χ3n) is 2.73. The molecule has 0 heterocycles. The number of methoxy groups -OCH3 is 1. The molecular weight excluding hydrogens is 282 g/mol. The largest absolute Gasteiger partial charge is 0.497 e. The molecule has 0 saturated heterocycles. The van der Waals surface area contributed by atoms with Gasteiger partial charge in [-0.05, 0) is 36.4 Å². The number of hydrogen-bond acceptors (Lipinski definition) is 5. The molecule has 0 atom stereocenters. The summed E-state index contributed by atoms with van der Waals surface area (Å²) in [7, 11) is -2.20. The van der Waals surface area contributed by atoms with Crippen LogP contribution in [-0.2, 0) is 9.84 Å². The molecular formula is C13H11NO5S. The van der Waals surface area contributed by atoms with Crippen molar-refractivity contribution in [1.82, 2.24) is 0 Å². The third kappa shape index (κ3) is 2.62. The van der Waals surface area contributed by atoms with Gasteiger partial charge in [0.25, 0.3) is 5.69 Å². The SMILES string of the molecule is COc1ccc(S(=O)(=O)c2ccc([N+](=O)[O-])cc2)cc1. The summed E-state index contributed by atoms with van der Waals surface area (Å²) in [6, 6.07) is 10.7. The zero-order valence-electron chi connectivity index (χ0n) is 10.5. The third-order valence-corrected chi connectivity index (χ3v) is 4.51. The molecule has 0 N–H and O–H groups in total. The van der Waals surface area contributed by atoms with Crippen LogP contribution in [0.25, 0.3) is 0 Å². The number of nitro groups is 1. The van der Waals surface area contributed by atoms with E-state index in [1.807, 2.05) is 0 Å². The molecule has 0 amide bonds. The van der Waals surface area contributed by atoms with E-state index in [9.17, 15) is 18.5 Å². The van der Waals surface area contributed by atoms with Crippen LogP contribution in [0.15, 0.2) is 58.3 Å². The minimum Gasteiger partial charge on any atom is -0.497 e. The predicted octanol–water partition coefficient (Wildman–Crippen LogP) is 2.44. The molecule has 0 radical (unpaired) electrons. The Morgan fingerprint density at radius 3 is 1.80 bits per heavy atom. The topological polar surface area (TPSA) is 86.5 Å². The van der Waals surface area contributed by atoms with Crippen LogP contribution >= 0.6 is 0 Å². The van der Waals surface area contributed by atoms with E-state index in [-0.39, 0.29) is 15.5 Å². The van der Waals surface area contributed by atoms with Crippen LogP contribution in [-0.4, -0.2) is 20.5 Å². The fraction of sp³-hybridized carbons (Fsp3) is 0.0769. The Morgan fingerprint density at radius 1 is 0.950 bits per heavy atom. The molecule has 0 aromatic heterocycles. The number of sulfone groups is 1. The Balaban J connectivity index is 2.40. The lowest BCUT2D eigenvalue weighted by molar-refractivity contribution is -0.384. The maximum Gasteiger partial charge on any atom is 0.269 e. The number of benzene rings is 2. The summed E-state index contributed by atoms with van der Waals surface area (Å²) in [4.78, 5) is 10.1. The summed E-state index contributed by atoms with van der Waals surface area (Å²) in [6.07, 6.45) is 0. The number of non-ortho nitro benzene ring substituents is 1. The minimum atomic E-state index is -3.68. The second-order valence-electron chi connectivity index (χ2n) is 3.93. The molecule has 0 unspecified atom stereocenters. The molecule has 0 aliphatic carbocycles. The van der Waals surface area contributed by atoms with Gasteiger partial charge in [0.15, 0.2) is 0 Å². The highest BCUT2D eigenvalue weighted by molar-refractivity contribution is 7.91. The van der Waals surface area contributed by atoms with Crippen molar-refractivity contribution in [3.8, 4) is 5.75 Å². The van der Waals surface area contributed by atoms with Gasteiger partial charge in [0, 0.05) is 12.1 Å². The first kappa shape index (κ1) is 14.0. The maximum atomic E-state index is 12.3. The second kappa shape index (κ2) is 5.30. The molecule has 0 aliphatic heterocycles. The molecule has 2 aromatic rings. The molecule has 7 heteroatoms. The van der Waals surface area contributed by atoms with Gasteiger partial charge in [0.05, 0.1) is 21.8 Å². The van der Waals surface area contributed by atoms with E-state index < -0.39 is 14.8 Å². The molecule has 20 heavy (non-hydrogen) atoms. The number of hydrogen-bond donors (Lipinski definition) is 0.